The van der Waals surface area contributed by atoms with E-state index in [1.807, 2.05) is 0 Å². The molecule has 0 bridgehead atoms. The van der Waals surface area contributed by atoms with Crippen molar-refractivity contribution < 1.29 is 18.1 Å². The van der Waals surface area contributed by atoms with Crippen molar-refractivity contribution in [2.45, 2.75) is 6.54 Å². The lowest BCUT2D eigenvalue weighted by molar-refractivity contribution is -0.387. The number of nitrogens with one attached hydrogen (secondary N) is 1. The summed E-state index contributed by atoms with van der Waals surface area (Å²) < 4.78 is 40.9. The number of rotatable bonds is 4. The molecule has 8 heteroatoms. The van der Waals surface area contributed by atoms with Crippen LogP contribution in [0.3, 0.4) is 0 Å². The summed E-state index contributed by atoms with van der Waals surface area (Å²) in [4.78, 5) is 9.66. The number of nitro groups is 1. The van der Waals surface area contributed by atoms with Gasteiger partial charge in [-0.15, -0.1) is 0 Å². The monoisotopic (exact) mass is 360 g/mol. The molecule has 0 aromatic heterocycles. The van der Waals surface area contributed by atoms with E-state index in [1.54, 1.807) is 6.07 Å². The molecule has 0 saturated heterocycles. The van der Waals surface area contributed by atoms with Gasteiger partial charge in [-0.25, -0.2) is 8.78 Å². The van der Waals surface area contributed by atoms with E-state index in [2.05, 4.69) is 21.2 Å². The van der Waals surface area contributed by atoms with Crippen LogP contribution < -0.4 is 5.32 Å². The van der Waals surface area contributed by atoms with Crippen LogP contribution in [-0.2, 0) is 6.54 Å². The predicted molar refractivity (Wildman–Crippen MR) is 74.4 cm³/mol. The lowest BCUT2D eigenvalue weighted by Gasteiger charge is -2.09. The molecule has 2 aromatic carbocycles. The number of nitrogens with zero attached hydrogens (tertiary/aromatic N) is 1. The summed E-state index contributed by atoms with van der Waals surface area (Å²) in [7, 11) is 0. The lowest BCUT2D eigenvalue weighted by atomic mass is 10.1. The van der Waals surface area contributed by atoms with E-state index in [0.717, 1.165) is 6.07 Å². The van der Waals surface area contributed by atoms with Crippen LogP contribution >= 0.6 is 15.9 Å². The van der Waals surface area contributed by atoms with Crippen molar-refractivity contribution in [3.63, 3.8) is 0 Å². The second-order valence-electron chi connectivity index (χ2n) is 4.13. The second-order valence-corrected chi connectivity index (χ2v) is 5.05. The molecule has 0 aliphatic rings. The molecule has 0 unspecified atom stereocenters. The largest absolute Gasteiger partial charge is 0.378 e. The molecule has 21 heavy (non-hydrogen) atoms. The number of anilines is 1. The van der Waals surface area contributed by atoms with Crippen molar-refractivity contribution in [1.29, 1.82) is 0 Å². The number of halogens is 4. The van der Waals surface area contributed by atoms with Crippen molar-refractivity contribution in [3.05, 3.63) is 67.9 Å². The summed E-state index contributed by atoms with van der Waals surface area (Å²) in [5, 5.41) is 13.2. The van der Waals surface area contributed by atoms with Gasteiger partial charge in [0.1, 0.15) is 11.6 Å². The van der Waals surface area contributed by atoms with Crippen LogP contribution in [0.2, 0.25) is 0 Å². The van der Waals surface area contributed by atoms with Crippen LogP contribution in [0.25, 0.3) is 0 Å². The fourth-order valence-electron chi connectivity index (χ4n) is 1.68. The SMILES string of the molecule is O=[N+]([O-])c1cc(CNc2ccc(Br)cc2F)c(F)cc1F. The summed E-state index contributed by atoms with van der Waals surface area (Å²) in [6.07, 6.45) is 0. The summed E-state index contributed by atoms with van der Waals surface area (Å²) in [5.74, 6) is -2.76. The molecule has 0 radical (unpaired) electrons. The molecule has 1 N–H and O–H groups in total. The molecule has 0 aliphatic carbocycles. The van der Waals surface area contributed by atoms with Gasteiger partial charge >= 0.3 is 5.69 Å². The maximum absolute atomic E-state index is 13.6. The molecule has 0 fully saturated rings. The molecular formula is C13H8BrF3N2O2. The first-order valence-corrected chi connectivity index (χ1v) is 6.49. The van der Waals surface area contributed by atoms with Gasteiger partial charge in [0, 0.05) is 28.7 Å². The van der Waals surface area contributed by atoms with Crippen molar-refractivity contribution in [2.75, 3.05) is 5.32 Å². The highest BCUT2D eigenvalue weighted by Gasteiger charge is 2.18. The molecule has 110 valence electrons. The quantitative estimate of drug-likeness (QED) is 0.649. The smallest absolute Gasteiger partial charge is 0.305 e. The topological polar surface area (TPSA) is 55.2 Å². The molecule has 0 atom stereocenters. The maximum atomic E-state index is 13.6. The Labute approximate surface area is 125 Å². The van der Waals surface area contributed by atoms with Gasteiger partial charge in [0.2, 0.25) is 5.82 Å². The normalized spacial score (nSPS) is 10.5. The van der Waals surface area contributed by atoms with Gasteiger partial charge in [-0.2, -0.15) is 4.39 Å². The summed E-state index contributed by atoms with van der Waals surface area (Å²) in [5.41, 5.74) is -0.862. The van der Waals surface area contributed by atoms with E-state index in [1.165, 1.54) is 12.1 Å². The minimum Gasteiger partial charge on any atom is -0.378 e. The minimum absolute atomic E-state index is 0.101. The Morgan fingerprint density at radius 2 is 1.81 bits per heavy atom. The van der Waals surface area contributed by atoms with Crippen LogP contribution in [0, 0.1) is 27.6 Å². The van der Waals surface area contributed by atoms with Crippen LogP contribution in [0.4, 0.5) is 24.5 Å². The summed E-state index contributed by atoms with van der Waals surface area (Å²) >= 11 is 3.09. The number of hydrogen-bond donors (Lipinski definition) is 1. The van der Waals surface area contributed by atoms with Gasteiger partial charge < -0.3 is 5.32 Å². The molecule has 0 heterocycles. The predicted octanol–water partition coefficient (Wildman–Crippen LogP) is 4.39. The molecule has 2 rings (SSSR count). The molecule has 0 saturated carbocycles. The Morgan fingerprint density at radius 1 is 1.10 bits per heavy atom. The Kier molecular flexibility index (Phi) is 4.46. The second kappa shape index (κ2) is 6.13. The average Bonchev–Trinajstić information content (AvgIpc) is 2.39. The molecule has 0 amide bonds. The zero-order valence-electron chi connectivity index (χ0n) is 10.4. The number of benzene rings is 2. The molecule has 0 aliphatic heterocycles. The van der Waals surface area contributed by atoms with E-state index in [0.29, 0.717) is 10.5 Å². The molecular weight excluding hydrogens is 353 g/mol. The Morgan fingerprint density at radius 3 is 2.43 bits per heavy atom. The van der Waals surface area contributed by atoms with Crippen LogP contribution in [0.5, 0.6) is 0 Å². The lowest BCUT2D eigenvalue weighted by Crippen LogP contribution is -2.05. The fraction of sp³-hybridized carbons (Fsp3) is 0.0769. The summed E-state index contributed by atoms with van der Waals surface area (Å²) in [6.45, 7) is -0.217. The zero-order valence-corrected chi connectivity index (χ0v) is 12.0. The van der Waals surface area contributed by atoms with Gasteiger partial charge in [-0.1, -0.05) is 15.9 Å². The third-order valence-electron chi connectivity index (χ3n) is 2.71. The summed E-state index contributed by atoms with van der Waals surface area (Å²) in [6, 6.07) is 5.44. The standard InChI is InChI=1S/C13H8BrF3N2O2/c14-8-1-2-12(10(16)4-8)18-6-7-3-13(19(20)21)11(17)5-9(7)15/h1-5,18H,6H2. The molecule has 0 spiro atoms. The molecule has 2 aromatic rings. The van der Waals surface area contributed by atoms with Crippen molar-refractivity contribution >= 4 is 27.3 Å². The van der Waals surface area contributed by atoms with E-state index >= 15 is 0 Å². The van der Waals surface area contributed by atoms with E-state index in [9.17, 15) is 23.3 Å². The van der Waals surface area contributed by atoms with Gasteiger partial charge in [-0.05, 0) is 18.2 Å². The Hall–Kier alpha value is -2.09. The third kappa shape index (κ3) is 3.52. The highest BCUT2D eigenvalue weighted by molar-refractivity contribution is 9.10. The third-order valence-corrected chi connectivity index (χ3v) is 3.21. The Bertz CT molecular complexity index is 710. The van der Waals surface area contributed by atoms with Crippen molar-refractivity contribution in [1.82, 2.24) is 0 Å². The first-order chi connectivity index (χ1) is 9.88. The maximum Gasteiger partial charge on any atom is 0.305 e. The first-order valence-electron chi connectivity index (χ1n) is 5.69. The van der Waals surface area contributed by atoms with Gasteiger partial charge in [-0.3, -0.25) is 10.1 Å². The van der Waals surface area contributed by atoms with Gasteiger partial charge in [0.05, 0.1) is 10.6 Å². The van der Waals surface area contributed by atoms with E-state index < -0.39 is 28.1 Å². The van der Waals surface area contributed by atoms with Crippen molar-refractivity contribution in [3.8, 4) is 0 Å². The fourth-order valence-corrected chi connectivity index (χ4v) is 2.01. The average molecular weight is 361 g/mol. The van der Waals surface area contributed by atoms with Gasteiger partial charge in [0.15, 0.2) is 0 Å². The van der Waals surface area contributed by atoms with Crippen molar-refractivity contribution in [2.24, 2.45) is 0 Å². The number of hydrogen-bond acceptors (Lipinski definition) is 3. The zero-order chi connectivity index (χ0) is 15.6. The highest BCUT2D eigenvalue weighted by Crippen LogP contribution is 2.24. The van der Waals surface area contributed by atoms with E-state index in [4.69, 9.17) is 0 Å². The van der Waals surface area contributed by atoms with Gasteiger partial charge in [0.25, 0.3) is 0 Å². The Balaban J connectivity index is 2.23. The molecule has 4 nitrogen and oxygen atoms in total. The number of nitro benzene ring substituents is 1. The minimum atomic E-state index is -1.25. The van der Waals surface area contributed by atoms with Crippen LogP contribution in [0.15, 0.2) is 34.8 Å². The van der Waals surface area contributed by atoms with Crippen LogP contribution in [-0.4, -0.2) is 4.92 Å². The van der Waals surface area contributed by atoms with E-state index in [-0.39, 0.29) is 17.8 Å². The highest BCUT2D eigenvalue weighted by atomic mass is 79.9. The van der Waals surface area contributed by atoms with Crippen LogP contribution in [0.1, 0.15) is 5.56 Å². The first kappa shape index (κ1) is 15.3.